The van der Waals surface area contributed by atoms with Gasteiger partial charge in [0.1, 0.15) is 11.5 Å². The van der Waals surface area contributed by atoms with Crippen LogP contribution in [0.5, 0.6) is 11.5 Å². The zero-order valence-corrected chi connectivity index (χ0v) is 7.40. The Morgan fingerprint density at radius 1 is 1.21 bits per heavy atom. The molecule has 0 radical (unpaired) electrons. The quantitative estimate of drug-likeness (QED) is 0.564. The number of benzene rings is 1. The van der Waals surface area contributed by atoms with Crippen LogP contribution in [0.15, 0.2) is 12.1 Å². The standard InChI is InChI=1S/C10H10O4/c11-6-1-5-2-7(12)4-9(14)10(5)8(13)3-6/h1,3,7,11-13H,2,4H2/t7-/m0/s1. The van der Waals surface area contributed by atoms with Crippen LogP contribution < -0.4 is 0 Å². The molecule has 0 aromatic heterocycles. The monoisotopic (exact) mass is 194 g/mol. The van der Waals surface area contributed by atoms with Crippen molar-refractivity contribution in [2.24, 2.45) is 0 Å². The van der Waals surface area contributed by atoms with E-state index in [4.69, 9.17) is 0 Å². The second-order valence-corrected chi connectivity index (χ2v) is 3.48. The van der Waals surface area contributed by atoms with Crippen molar-refractivity contribution in [2.45, 2.75) is 18.9 Å². The van der Waals surface area contributed by atoms with Gasteiger partial charge in [0.05, 0.1) is 11.7 Å². The molecule has 1 aromatic carbocycles. The lowest BCUT2D eigenvalue weighted by Crippen LogP contribution is -2.23. The predicted molar refractivity (Wildman–Crippen MR) is 48.4 cm³/mol. The van der Waals surface area contributed by atoms with E-state index in [1.807, 2.05) is 0 Å². The molecule has 0 saturated heterocycles. The van der Waals surface area contributed by atoms with Crippen molar-refractivity contribution >= 4 is 5.78 Å². The molecule has 2 rings (SSSR count). The SMILES string of the molecule is O=C1C[C@@H](O)Cc2cc(O)cc(O)c21. The summed E-state index contributed by atoms with van der Waals surface area (Å²) < 4.78 is 0. The summed E-state index contributed by atoms with van der Waals surface area (Å²) in [5.41, 5.74) is 0.736. The van der Waals surface area contributed by atoms with Gasteiger partial charge in [-0.2, -0.15) is 0 Å². The Balaban J connectivity index is 2.59. The van der Waals surface area contributed by atoms with E-state index in [0.717, 1.165) is 6.07 Å². The fraction of sp³-hybridized carbons (Fsp3) is 0.300. The van der Waals surface area contributed by atoms with E-state index in [9.17, 15) is 20.1 Å². The molecular formula is C10H10O4. The number of aliphatic hydroxyl groups is 1. The maximum Gasteiger partial charge on any atom is 0.169 e. The summed E-state index contributed by atoms with van der Waals surface area (Å²) >= 11 is 0. The molecule has 0 unspecified atom stereocenters. The fourth-order valence-corrected chi connectivity index (χ4v) is 1.79. The van der Waals surface area contributed by atoms with E-state index in [2.05, 4.69) is 0 Å². The Labute approximate surface area is 80.4 Å². The lowest BCUT2D eigenvalue weighted by molar-refractivity contribution is 0.0850. The van der Waals surface area contributed by atoms with Gasteiger partial charge in [0.15, 0.2) is 5.78 Å². The minimum atomic E-state index is -0.712. The van der Waals surface area contributed by atoms with Gasteiger partial charge in [-0.05, 0) is 18.1 Å². The lowest BCUT2D eigenvalue weighted by Gasteiger charge is -2.20. The van der Waals surface area contributed by atoms with Gasteiger partial charge in [-0.3, -0.25) is 4.79 Å². The highest BCUT2D eigenvalue weighted by atomic mass is 16.3. The minimum absolute atomic E-state index is 0.0331. The summed E-state index contributed by atoms with van der Waals surface area (Å²) in [5.74, 6) is -0.587. The van der Waals surface area contributed by atoms with Crippen LogP contribution in [0.3, 0.4) is 0 Å². The highest BCUT2D eigenvalue weighted by molar-refractivity contribution is 6.01. The van der Waals surface area contributed by atoms with Gasteiger partial charge < -0.3 is 15.3 Å². The summed E-state index contributed by atoms with van der Waals surface area (Å²) in [4.78, 5) is 11.4. The number of phenolic OH excluding ortho intramolecular Hbond substituents is 2. The first-order valence-electron chi connectivity index (χ1n) is 4.34. The second-order valence-electron chi connectivity index (χ2n) is 3.48. The first-order chi connectivity index (χ1) is 6.58. The molecule has 1 aliphatic carbocycles. The molecule has 1 aromatic rings. The number of aromatic hydroxyl groups is 2. The summed E-state index contributed by atoms with van der Waals surface area (Å²) in [7, 11) is 0. The van der Waals surface area contributed by atoms with Gasteiger partial charge in [0.2, 0.25) is 0 Å². The Bertz CT molecular complexity index is 397. The number of phenols is 2. The predicted octanol–water partition coefficient (Wildman–Crippen LogP) is 0.588. The van der Waals surface area contributed by atoms with Crippen LogP contribution in [0, 0.1) is 0 Å². The van der Waals surface area contributed by atoms with Crippen LogP contribution in [0.1, 0.15) is 22.3 Å². The number of rotatable bonds is 0. The third-order valence-corrected chi connectivity index (χ3v) is 2.34. The molecule has 0 bridgehead atoms. The van der Waals surface area contributed by atoms with Crippen molar-refractivity contribution in [3.05, 3.63) is 23.3 Å². The molecule has 1 aliphatic rings. The first-order valence-corrected chi connectivity index (χ1v) is 4.34. The van der Waals surface area contributed by atoms with E-state index in [1.54, 1.807) is 0 Å². The summed E-state index contributed by atoms with van der Waals surface area (Å²) in [6, 6.07) is 2.53. The number of ketones is 1. The average molecular weight is 194 g/mol. The van der Waals surface area contributed by atoms with Crippen molar-refractivity contribution in [1.29, 1.82) is 0 Å². The van der Waals surface area contributed by atoms with Crippen LogP contribution >= 0.6 is 0 Å². The van der Waals surface area contributed by atoms with E-state index in [-0.39, 0.29) is 29.3 Å². The topological polar surface area (TPSA) is 77.8 Å². The molecule has 0 aliphatic heterocycles. The molecule has 0 saturated carbocycles. The van der Waals surface area contributed by atoms with E-state index in [1.165, 1.54) is 6.07 Å². The molecule has 3 N–H and O–H groups in total. The zero-order chi connectivity index (χ0) is 10.3. The maximum atomic E-state index is 11.4. The average Bonchev–Trinajstić information content (AvgIpc) is 1.99. The number of aliphatic hydroxyl groups excluding tert-OH is 1. The highest BCUT2D eigenvalue weighted by Crippen LogP contribution is 2.32. The van der Waals surface area contributed by atoms with Gasteiger partial charge in [0.25, 0.3) is 0 Å². The fourth-order valence-electron chi connectivity index (χ4n) is 1.79. The van der Waals surface area contributed by atoms with Gasteiger partial charge in [-0.15, -0.1) is 0 Å². The normalized spacial score (nSPS) is 20.6. The Kier molecular flexibility index (Phi) is 1.93. The number of hydrogen-bond acceptors (Lipinski definition) is 4. The van der Waals surface area contributed by atoms with Crippen molar-refractivity contribution < 1.29 is 20.1 Å². The number of Topliss-reactive ketones (excluding diaryl/α,β-unsaturated/α-hetero) is 1. The van der Waals surface area contributed by atoms with Crippen LogP contribution in [0.2, 0.25) is 0 Å². The number of carbonyl (C=O) groups excluding carboxylic acids is 1. The Hall–Kier alpha value is -1.55. The molecule has 1 atom stereocenters. The molecule has 0 heterocycles. The molecule has 74 valence electrons. The third kappa shape index (κ3) is 1.33. The van der Waals surface area contributed by atoms with Gasteiger partial charge in [-0.25, -0.2) is 0 Å². The van der Waals surface area contributed by atoms with Crippen LogP contribution in [0.25, 0.3) is 0 Å². The number of carbonyl (C=O) groups is 1. The minimum Gasteiger partial charge on any atom is -0.508 e. The van der Waals surface area contributed by atoms with Gasteiger partial charge in [-0.1, -0.05) is 0 Å². The first kappa shape index (κ1) is 9.02. The largest absolute Gasteiger partial charge is 0.508 e. The van der Waals surface area contributed by atoms with Gasteiger partial charge in [0, 0.05) is 12.5 Å². The van der Waals surface area contributed by atoms with E-state index in [0.29, 0.717) is 12.0 Å². The lowest BCUT2D eigenvalue weighted by atomic mass is 9.88. The van der Waals surface area contributed by atoms with Crippen molar-refractivity contribution in [1.82, 2.24) is 0 Å². The smallest absolute Gasteiger partial charge is 0.169 e. The summed E-state index contributed by atoms with van der Waals surface area (Å²) in [6.07, 6.45) is -0.384. The molecule has 0 fully saturated rings. The van der Waals surface area contributed by atoms with Crippen molar-refractivity contribution in [3.63, 3.8) is 0 Å². The van der Waals surface area contributed by atoms with E-state index < -0.39 is 6.10 Å². The van der Waals surface area contributed by atoms with Crippen LogP contribution in [-0.2, 0) is 6.42 Å². The summed E-state index contributed by atoms with van der Waals surface area (Å²) in [6.45, 7) is 0. The third-order valence-electron chi connectivity index (χ3n) is 2.34. The summed E-state index contributed by atoms with van der Waals surface area (Å²) in [5, 5.41) is 27.9. The zero-order valence-electron chi connectivity index (χ0n) is 7.40. The van der Waals surface area contributed by atoms with Crippen molar-refractivity contribution in [3.8, 4) is 11.5 Å². The molecular weight excluding hydrogens is 184 g/mol. The molecule has 0 spiro atoms. The number of hydrogen-bond donors (Lipinski definition) is 3. The Morgan fingerprint density at radius 3 is 2.64 bits per heavy atom. The second kappa shape index (κ2) is 2.99. The maximum absolute atomic E-state index is 11.4. The van der Waals surface area contributed by atoms with Crippen LogP contribution in [-0.4, -0.2) is 27.2 Å². The molecule has 14 heavy (non-hydrogen) atoms. The highest BCUT2D eigenvalue weighted by Gasteiger charge is 2.26. The Morgan fingerprint density at radius 2 is 1.93 bits per heavy atom. The molecule has 4 heteroatoms. The van der Waals surface area contributed by atoms with E-state index >= 15 is 0 Å². The van der Waals surface area contributed by atoms with Gasteiger partial charge >= 0.3 is 0 Å². The van der Waals surface area contributed by atoms with Crippen LogP contribution in [0.4, 0.5) is 0 Å². The van der Waals surface area contributed by atoms with Crippen molar-refractivity contribution in [2.75, 3.05) is 0 Å². The number of fused-ring (bicyclic) bond motifs is 1. The molecule has 0 amide bonds. The molecule has 4 nitrogen and oxygen atoms in total.